The minimum atomic E-state index is 0.444. The summed E-state index contributed by atoms with van der Waals surface area (Å²) in [6, 6.07) is 0. The summed E-state index contributed by atoms with van der Waals surface area (Å²) in [7, 11) is 0. The first kappa shape index (κ1) is 11.5. The number of rotatable bonds is 3. The molecule has 70 valence electrons. The fourth-order valence-electron chi connectivity index (χ4n) is 1.40. The molecule has 12 heavy (non-hydrogen) atoms. The fraction of sp³-hybridized carbons (Fsp3) is 0.667. The van der Waals surface area contributed by atoms with Gasteiger partial charge in [-0.05, 0) is 24.7 Å². The number of hydrogen-bond donors (Lipinski definition) is 0. The van der Waals surface area contributed by atoms with Crippen LogP contribution in [0.1, 0.15) is 41.0 Å². The van der Waals surface area contributed by atoms with Crippen molar-refractivity contribution >= 4 is 0 Å². The molecule has 0 amide bonds. The average molecular weight is 166 g/mol. The van der Waals surface area contributed by atoms with Gasteiger partial charge in [-0.15, -0.1) is 0 Å². The van der Waals surface area contributed by atoms with Crippen molar-refractivity contribution in [3.05, 3.63) is 24.3 Å². The molecular weight excluding hydrogens is 144 g/mol. The molecule has 0 aliphatic rings. The van der Waals surface area contributed by atoms with Crippen molar-refractivity contribution in [3.8, 4) is 0 Å². The lowest BCUT2D eigenvalue weighted by atomic mass is 9.85. The third-order valence-corrected chi connectivity index (χ3v) is 1.68. The van der Waals surface area contributed by atoms with Crippen LogP contribution in [0.3, 0.4) is 0 Å². The quantitative estimate of drug-likeness (QED) is 0.551. The van der Waals surface area contributed by atoms with Gasteiger partial charge in [-0.25, -0.2) is 0 Å². The molecule has 0 aromatic rings. The van der Waals surface area contributed by atoms with E-state index in [2.05, 4.69) is 52.0 Å². The maximum atomic E-state index is 2.28. The standard InChI is InChI=1S/C12H22/c1-6-7-8-9-11(2)10-12(3,4)5/h6-9,11H,10H2,1-5H3/b7-6-,9-8-. The molecule has 0 heteroatoms. The molecule has 0 heterocycles. The molecule has 1 atom stereocenters. The minimum absolute atomic E-state index is 0.444. The van der Waals surface area contributed by atoms with Gasteiger partial charge in [0.05, 0.1) is 0 Å². The molecule has 0 rings (SSSR count). The van der Waals surface area contributed by atoms with Crippen molar-refractivity contribution in [2.45, 2.75) is 41.0 Å². The second-order valence-electron chi connectivity index (χ2n) is 4.65. The molecule has 0 aromatic carbocycles. The van der Waals surface area contributed by atoms with Crippen LogP contribution in [0.15, 0.2) is 24.3 Å². The van der Waals surface area contributed by atoms with Crippen molar-refractivity contribution in [1.29, 1.82) is 0 Å². The Labute approximate surface area is 77.4 Å². The summed E-state index contributed by atoms with van der Waals surface area (Å²) in [6.45, 7) is 11.2. The van der Waals surface area contributed by atoms with E-state index in [0.717, 1.165) is 0 Å². The third kappa shape index (κ3) is 7.59. The number of hydrogen-bond acceptors (Lipinski definition) is 0. The van der Waals surface area contributed by atoms with Crippen LogP contribution in [0.25, 0.3) is 0 Å². The van der Waals surface area contributed by atoms with Crippen LogP contribution >= 0.6 is 0 Å². The fourth-order valence-corrected chi connectivity index (χ4v) is 1.40. The monoisotopic (exact) mass is 166 g/mol. The SMILES string of the molecule is C/C=C\C=C/C(C)CC(C)(C)C. The van der Waals surface area contributed by atoms with Crippen molar-refractivity contribution in [3.63, 3.8) is 0 Å². The molecule has 0 fully saturated rings. The van der Waals surface area contributed by atoms with E-state index in [1.165, 1.54) is 6.42 Å². The van der Waals surface area contributed by atoms with Crippen LogP contribution in [0.2, 0.25) is 0 Å². The van der Waals surface area contributed by atoms with Gasteiger partial charge in [0, 0.05) is 0 Å². The smallest absolute Gasteiger partial charge is 0.0254 e. The Balaban J connectivity index is 3.81. The third-order valence-electron chi connectivity index (χ3n) is 1.68. The highest BCUT2D eigenvalue weighted by molar-refractivity contribution is 5.02. The van der Waals surface area contributed by atoms with Gasteiger partial charge in [-0.1, -0.05) is 52.0 Å². The van der Waals surface area contributed by atoms with Crippen molar-refractivity contribution in [1.82, 2.24) is 0 Å². The van der Waals surface area contributed by atoms with Gasteiger partial charge < -0.3 is 0 Å². The molecule has 0 aromatic heterocycles. The normalized spacial score (nSPS) is 16.1. The van der Waals surface area contributed by atoms with Crippen LogP contribution in [0.5, 0.6) is 0 Å². The highest BCUT2D eigenvalue weighted by Crippen LogP contribution is 2.24. The Kier molecular flexibility index (Phi) is 4.96. The summed E-state index contributed by atoms with van der Waals surface area (Å²) in [6.07, 6.45) is 9.79. The first-order valence-corrected chi connectivity index (χ1v) is 4.75. The Morgan fingerprint density at radius 3 is 2.17 bits per heavy atom. The lowest BCUT2D eigenvalue weighted by Gasteiger charge is -2.20. The highest BCUT2D eigenvalue weighted by Gasteiger charge is 2.12. The van der Waals surface area contributed by atoms with Gasteiger partial charge in [0.1, 0.15) is 0 Å². The Morgan fingerprint density at radius 1 is 1.17 bits per heavy atom. The maximum absolute atomic E-state index is 2.28. The van der Waals surface area contributed by atoms with Crippen LogP contribution < -0.4 is 0 Å². The molecule has 0 spiro atoms. The molecule has 0 saturated heterocycles. The average Bonchev–Trinajstić information content (AvgIpc) is 1.84. The van der Waals surface area contributed by atoms with Gasteiger partial charge in [0.2, 0.25) is 0 Å². The molecule has 0 aliphatic heterocycles. The lowest BCUT2D eigenvalue weighted by molar-refractivity contribution is 0.337. The zero-order valence-electron chi connectivity index (χ0n) is 9.09. The maximum Gasteiger partial charge on any atom is -0.0254 e. The highest BCUT2D eigenvalue weighted by atomic mass is 14.2. The van der Waals surface area contributed by atoms with Crippen LogP contribution in [0.4, 0.5) is 0 Å². The predicted molar refractivity (Wildman–Crippen MR) is 57.2 cm³/mol. The van der Waals surface area contributed by atoms with Crippen LogP contribution in [-0.4, -0.2) is 0 Å². The molecule has 0 saturated carbocycles. The van der Waals surface area contributed by atoms with Crippen molar-refractivity contribution in [2.75, 3.05) is 0 Å². The second-order valence-corrected chi connectivity index (χ2v) is 4.65. The minimum Gasteiger partial charge on any atom is -0.0877 e. The zero-order chi connectivity index (χ0) is 9.61. The van der Waals surface area contributed by atoms with Gasteiger partial charge in [-0.2, -0.15) is 0 Å². The zero-order valence-corrected chi connectivity index (χ0v) is 9.09. The first-order valence-electron chi connectivity index (χ1n) is 4.75. The van der Waals surface area contributed by atoms with Crippen LogP contribution in [-0.2, 0) is 0 Å². The van der Waals surface area contributed by atoms with E-state index in [0.29, 0.717) is 11.3 Å². The van der Waals surface area contributed by atoms with E-state index >= 15 is 0 Å². The van der Waals surface area contributed by atoms with E-state index in [9.17, 15) is 0 Å². The Hall–Kier alpha value is -0.520. The van der Waals surface area contributed by atoms with Gasteiger partial charge in [-0.3, -0.25) is 0 Å². The predicted octanol–water partition coefficient (Wildman–Crippen LogP) is 4.19. The van der Waals surface area contributed by atoms with Gasteiger partial charge in [0.15, 0.2) is 0 Å². The summed E-state index contributed by atoms with van der Waals surface area (Å²) in [4.78, 5) is 0. The molecular formula is C12H22. The molecule has 0 aliphatic carbocycles. The number of allylic oxidation sites excluding steroid dienone is 4. The van der Waals surface area contributed by atoms with Gasteiger partial charge >= 0.3 is 0 Å². The second kappa shape index (κ2) is 5.18. The van der Waals surface area contributed by atoms with E-state index in [4.69, 9.17) is 0 Å². The Bertz CT molecular complexity index is 155. The lowest BCUT2D eigenvalue weighted by Crippen LogP contribution is -2.09. The van der Waals surface area contributed by atoms with E-state index < -0.39 is 0 Å². The van der Waals surface area contributed by atoms with Crippen molar-refractivity contribution < 1.29 is 0 Å². The molecule has 0 N–H and O–H groups in total. The van der Waals surface area contributed by atoms with Crippen molar-refractivity contribution in [2.24, 2.45) is 11.3 Å². The summed E-state index contributed by atoms with van der Waals surface area (Å²) in [5.41, 5.74) is 0.444. The first-order chi connectivity index (χ1) is 5.45. The molecule has 1 unspecified atom stereocenters. The van der Waals surface area contributed by atoms with E-state index in [1.54, 1.807) is 0 Å². The largest absolute Gasteiger partial charge is 0.0877 e. The molecule has 0 nitrogen and oxygen atoms in total. The Morgan fingerprint density at radius 2 is 1.75 bits per heavy atom. The summed E-state index contributed by atoms with van der Waals surface area (Å²) in [5, 5.41) is 0. The topological polar surface area (TPSA) is 0 Å². The van der Waals surface area contributed by atoms with Gasteiger partial charge in [0.25, 0.3) is 0 Å². The molecule has 0 radical (unpaired) electrons. The van der Waals surface area contributed by atoms with Crippen LogP contribution in [0, 0.1) is 11.3 Å². The van der Waals surface area contributed by atoms with E-state index in [1.807, 2.05) is 6.92 Å². The summed E-state index contributed by atoms with van der Waals surface area (Å²) < 4.78 is 0. The summed E-state index contributed by atoms with van der Waals surface area (Å²) >= 11 is 0. The molecule has 0 bridgehead atoms. The van der Waals surface area contributed by atoms with E-state index in [-0.39, 0.29) is 0 Å². The summed E-state index contributed by atoms with van der Waals surface area (Å²) in [5.74, 6) is 0.682.